The molecule has 0 unspecified atom stereocenters. The number of carbonyl (C=O) groups excluding carboxylic acids is 1. The number of nitrogens with zero attached hydrogens (tertiary/aromatic N) is 4. The van der Waals surface area contributed by atoms with E-state index in [1.54, 1.807) is 36.2 Å². The summed E-state index contributed by atoms with van der Waals surface area (Å²) in [6.07, 6.45) is 0.965. The number of para-hydroxylation sites is 1. The maximum atomic E-state index is 13.0. The van der Waals surface area contributed by atoms with E-state index in [0.29, 0.717) is 44.0 Å². The minimum atomic E-state index is -3.60. The Hall–Kier alpha value is -3.04. The van der Waals surface area contributed by atoms with Crippen LogP contribution in [-0.2, 0) is 21.4 Å². The van der Waals surface area contributed by atoms with Gasteiger partial charge in [-0.15, -0.1) is 0 Å². The van der Waals surface area contributed by atoms with E-state index in [9.17, 15) is 13.2 Å². The molecule has 0 N–H and O–H groups in total. The molecule has 0 spiro atoms. The Kier molecular flexibility index (Phi) is 6.62. The van der Waals surface area contributed by atoms with Gasteiger partial charge in [-0.3, -0.25) is 4.79 Å². The number of ether oxygens (including phenoxy) is 1. The van der Waals surface area contributed by atoms with E-state index in [-0.39, 0.29) is 16.7 Å². The molecule has 3 aromatic rings. The van der Waals surface area contributed by atoms with Crippen LogP contribution in [0.15, 0.2) is 53.4 Å². The molecule has 33 heavy (non-hydrogen) atoms. The van der Waals surface area contributed by atoms with Gasteiger partial charge in [0.25, 0.3) is 0 Å². The fourth-order valence-corrected chi connectivity index (χ4v) is 5.68. The average Bonchev–Trinajstić information content (AvgIpc) is 2.83. The van der Waals surface area contributed by atoms with Crippen molar-refractivity contribution in [1.82, 2.24) is 19.2 Å². The van der Waals surface area contributed by atoms with Gasteiger partial charge in [0.15, 0.2) is 0 Å². The summed E-state index contributed by atoms with van der Waals surface area (Å²) in [5, 5.41) is 1.00. The van der Waals surface area contributed by atoms with Crippen LogP contribution in [0.3, 0.4) is 0 Å². The van der Waals surface area contributed by atoms with Gasteiger partial charge in [0, 0.05) is 37.1 Å². The Balaban J connectivity index is 1.38. The number of hydrogen-bond donors (Lipinski definition) is 0. The maximum Gasteiger partial charge on any atom is 0.243 e. The lowest BCUT2D eigenvalue weighted by Crippen LogP contribution is -2.43. The zero-order valence-corrected chi connectivity index (χ0v) is 19.9. The number of fused-ring (bicyclic) bond motifs is 1. The van der Waals surface area contributed by atoms with Crippen molar-refractivity contribution in [3.05, 3.63) is 60.0 Å². The van der Waals surface area contributed by atoms with Crippen LogP contribution in [0.4, 0.5) is 0 Å². The summed E-state index contributed by atoms with van der Waals surface area (Å²) in [5.74, 6) is 0.971. The first-order chi connectivity index (χ1) is 15.8. The number of sulfonamides is 1. The first-order valence-electron chi connectivity index (χ1n) is 10.9. The van der Waals surface area contributed by atoms with Crippen molar-refractivity contribution in [2.45, 2.75) is 31.2 Å². The molecule has 2 heterocycles. The van der Waals surface area contributed by atoms with E-state index in [1.807, 2.05) is 31.2 Å². The van der Waals surface area contributed by atoms with Crippen LogP contribution in [-0.4, -0.2) is 60.7 Å². The lowest BCUT2D eigenvalue weighted by molar-refractivity contribution is -0.136. The number of rotatable bonds is 6. The Bertz CT molecular complexity index is 1250. The first kappa shape index (κ1) is 23.1. The van der Waals surface area contributed by atoms with Crippen molar-refractivity contribution in [3.8, 4) is 5.75 Å². The average molecular weight is 469 g/mol. The lowest BCUT2D eigenvalue weighted by atomic mass is 9.96. The fourth-order valence-electron chi connectivity index (χ4n) is 4.21. The molecule has 1 saturated heterocycles. The lowest BCUT2D eigenvalue weighted by Gasteiger charge is -2.32. The Morgan fingerprint density at radius 3 is 2.42 bits per heavy atom. The van der Waals surface area contributed by atoms with Gasteiger partial charge >= 0.3 is 0 Å². The Morgan fingerprint density at radius 1 is 1.09 bits per heavy atom. The van der Waals surface area contributed by atoms with Gasteiger partial charge in [-0.2, -0.15) is 4.31 Å². The number of methoxy groups -OCH3 is 1. The van der Waals surface area contributed by atoms with Crippen molar-refractivity contribution in [1.29, 1.82) is 0 Å². The van der Waals surface area contributed by atoms with Gasteiger partial charge < -0.3 is 9.64 Å². The second-order valence-electron chi connectivity index (χ2n) is 8.29. The van der Waals surface area contributed by atoms with Crippen molar-refractivity contribution < 1.29 is 17.9 Å². The van der Waals surface area contributed by atoms with Crippen LogP contribution in [0.5, 0.6) is 5.75 Å². The highest BCUT2D eigenvalue weighted by Crippen LogP contribution is 2.26. The molecular formula is C24H28N4O4S. The number of aromatic nitrogens is 2. The highest BCUT2D eigenvalue weighted by atomic mass is 32.2. The van der Waals surface area contributed by atoms with Gasteiger partial charge in [0.1, 0.15) is 11.6 Å². The summed E-state index contributed by atoms with van der Waals surface area (Å²) in [6, 6.07) is 14.2. The van der Waals surface area contributed by atoms with Gasteiger partial charge in [0.05, 0.1) is 24.1 Å². The Morgan fingerprint density at radius 2 is 1.76 bits per heavy atom. The van der Waals surface area contributed by atoms with Crippen LogP contribution >= 0.6 is 0 Å². The largest absolute Gasteiger partial charge is 0.497 e. The fraction of sp³-hybridized carbons (Fsp3) is 0.375. The molecule has 0 aliphatic carbocycles. The molecule has 1 aliphatic rings. The number of piperidine rings is 1. The molecule has 0 atom stereocenters. The molecule has 8 nitrogen and oxygen atoms in total. The number of benzene rings is 2. The normalized spacial score (nSPS) is 15.5. The predicted molar refractivity (Wildman–Crippen MR) is 125 cm³/mol. The smallest absolute Gasteiger partial charge is 0.243 e. The third kappa shape index (κ3) is 4.84. The highest BCUT2D eigenvalue weighted by Gasteiger charge is 2.33. The molecule has 1 aromatic heterocycles. The molecule has 0 radical (unpaired) electrons. The quantitative estimate of drug-likeness (QED) is 0.552. The van der Waals surface area contributed by atoms with Crippen molar-refractivity contribution in [2.24, 2.45) is 5.92 Å². The summed E-state index contributed by atoms with van der Waals surface area (Å²) < 4.78 is 32.5. The molecule has 174 valence electrons. The monoisotopic (exact) mass is 468 g/mol. The van der Waals surface area contributed by atoms with E-state index in [0.717, 1.165) is 16.6 Å². The summed E-state index contributed by atoms with van der Waals surface area (Å²) in [6.45, 7) is 2.87. The minimum Gasteiger partial charge on any atom is -0.497 e. The van der Waals surface area contributed by atoms with E-state index in [4.69, 9.17) is 4.74 Å². The minimum absolute atomic E-state index is 0.00842. The maximum absolute atomic E-state index is 13.0. The third-order valence-corrected chi connectivity index (χ3v) is 8.01. The number of amides is 1. The standard InChI is InChI=1S/C24H28N4O4S/c1-17-21-6-4-5-7-22(21)26-23(25-17)16-27(2)24(29)18-12-14-28(15-13-18)33(30,31)20-10-8-19(32-3)9-11-20/h4-11,18H,12-16H2,1-3H3. The van der Waals surface area contributed by atoms with Crippen LogP contribution in [0.25, 0.3) is 10.9 Å². The van der Waals surface area contributed by atoms with Crippen molar-refractivity contribution >= 4 is 26.8 Å². The van der Waals surface area contributed by atoms with Crippen LogP contribution in [0, 0.1) is 12.8 Å². The van der Waals surface area contributed by atoms with Crippen molar-refractivity contribution in [2.75, 3.05) is 27.2 Å². The zero-order chi connectivity index (χ0) is 23.6. The van der Waals surface area contributed by atoms with Crippen molar-refractivity contribution in [3.63, 3.8) is 0 Å². The summed E-state index contributed by atoms with van der Waals surface area (Å²) in [4.78, 5) is 24.1. The second kappa shape index (κ2) is 9.44. The van der Waals surface area contributed by atoms with E-state index in [1.165, 1.54) is 11.4 Å². The molecule has 1 fully saturated rings. The molecular weight excluding hydrogens is 440 g/mol. The van der Waals surface area contributed by atoms with E-state index >= 15 is 0 Å². The topological polar surface area (TPSA) is 92.7 Å². The summed E-state index contributed by atoms with van der Waals surface area (Å²) in [7, 11) is -0.314. The molecule has 2 aromatic carbocycles. The molecule has 1 aliphatic heterocycles. The third-order valence-electron chi connectivity index (χ3n) is 6.10. The summed E-state index contributed by atoms with van der Waals surface area (Å²) >= 11 is 0. The first-order valence-corrected chi connectivity index (χ1v) is 12.3. The van der Waals surface area contributed by atoms with Crippen LogP contribution in [0.2, 0.25) is 0 Å². The highest BCUT2D eigenvalue weighted by molar-refractivity contribution is 7.89. The molecule has 0 bridgehead atoms. The zero-order valence-electron chi connectivity index (χ0n) is 19.1. The summed E-state index contributed by atoms with van der Waals surface area (Å²) in [5.41, 5.74) is 1.74. The predicted octanol–water partition coefficient (Wildman–Crippen LogP) is 3.01. The molecule has 9 heteroatoms. The van der Waals surface area contributed by atoms with Gasteiger partial charge in [0.2, 0.25) is 15.9 Å². The second-order valence-corrected chi connectivity index (χ2v) is 10.2. The van der Waals surface area contributed by atoms with Gasteiger partial charge in [-0.05, 0) is 50.1 Å². The van der Waals surface area contributed by atoms with Gasteiger partial charge in [-0.1, -0.05) is 18.2 Å². The number of carbonyl (C=O) groups is 1. The molecule has 0 saturated carbocycles. The SMILES string of the molecule is COc1ccc(S(=O)(=O)N2CCC(C(=O)N(C)Cc3nc(C)c4ccccc4n3)CC2)cc1. The van der Waals surface area contributed by atoms with Gasteiger partial charge in [-0.25, -0.2) is 18.4 Å². The number of hydrogen-bond acceptors (Lipinski definition) is 6. The molecule has 1 amide bonds. The Labute approximate surface area is 194 Å². The molecule has 4 rings (SSSR count). The van der Waals surface area contributed by atoms with E-state index < -0.39 is 10.0 Å². The number of aryl methyl sites for hydroxylation is 1. The van der Waals surface area contributed by atoms with E-state index in [2.05, 4.69) is 9.97 Å². The van der Waals surface area contributed by atoms with Crippen LogP contribution < -0.4 is 4.74 Å². The van der Waals surface area contributed by atoms with Crippen LogP contribution in [0.1, 0.15) is 24.4 Å².